The Morgan fingerprint density at radius 2 is 1.72 bits per heavy atom. The molecule has 2 aromatic heterocycles. The van der Waals surface area contributed by atoms with Gasteiger partial charge in [0.25, 0.3) is 5.91 Å². The molecule has 0 spiro atoms. The molecule has 1 aliphatic rings. The topological polar surface area (TPSA) is 60.3 Å². The first-order valence-corrected chi connectivity index (χ1v) is 12.4. The quantitative estimate of drug-likeness (QED) is 0.279. The van der Waals surface area contributed by atoms with Crippen molar-refractivity contribution in [3.8, 4) is 17.1 Å². The van der Waals surface area contributed by atoms with Gasteiger partial charge >= 0.3 is 0 Å². The zero-order chi connectivity index (χ0) is 25.7. The summed E-state index contributed by atoms with van der Waals surface area (Å²) in [5.41, 5.74) is 5.67. The van der Waals surface area contributed by atoms with E-state index in [0.29, 0.717) is 27.3 Å². The largest absolute Gasteiger partial charge is 0.494 e. The van der Waals surface area contributed by atoms with Crippen LogP contribution in [0.3, 0.4) is 0 Å². The second-order valence-electron chi connectivity index (χ2n) is 9.22. The molecular weight excluding hydrogens is 495 g/mol. The van der Waals surface area contributed by atoms with Crippen molar-refractivity contribution in [2.45, 2.75) is 39.8 Å². The average Bonchev–Trinajstić information content (AvgIpc) is 3.36. The number of hydrogen-bond acceptors (Lipinski definition) is 4. The number of anilines is 1. The number of nitrogens with zero attached hydrogens (tertiary/aromatic N) is 4. The van der Waals surface area contributed by atoms with E-state index in [1.807, 2.05) is 61.2 Å². The summed E-state index contributed by atoms with van der Waals surface area (Å²) in [5, 5.41) is 1.21. The van der Waals surface area contributed by atoms with Gasteiger partial charge < -0.3 is 9.30 Å². The minimum absolute atomic E-state index is 0.0115. The van der Waals surface area contributed by atoms with Crippen LogP contribution in [0.2, 0.25) is 10.0 Å². The first-order valence-electron chi connectivity index (χ1n) is 11.7. The van der Waals surface area contributed by atoms with Crippen LogP contribution in [0.25, 0.3) is 11.4 Å². The highest BCUT2D eigenvalue weighted by Gasteiger charge is 2.45. The van der Waals surface area contributed by atoms with Gasteiger partial charge in [0.2, 0.25) is 0 Å². The minimum atomic E-state index is -0.418. The van der Waals surface area contributed by atoms with Crippen molar-refractivity contribution < 1.29 is 9.53 Å². The van der Waals surface area contributed by atoms with Gasteiger partial charge in [0.15, 0.2) is 5.69 Å². The van der Waals surface area contributed by atoms with E-state index < -0.39 is 6.04 Å². The highest BCUT2D eigenvalue weighted by Crippen LogP contribution is 2.47. The Hall–Kier alpha value is -3.35. The van der Waals surface area contributed by atoms with Crippen LogP contribution in [-0.2, 0) is 0 Å². The number of methoxy groups -OCH3 is 1. The normalized spacial score (nSPS) is 15.1. The number of halogens is 2. The molecular formula is C28H26Cl2N4O2. The predicted molar refractivity (Wildman–Crippen MR) is 143 cm³/mol. The van der Waals surface area contributed by atoms with Gasteiger partial charge in [0, 0.05) is 28.0 Å². The Kier molecular flexibility index (Phi) is 6.27. The van der Waals surface area contributed by atoms with Gasteiger partial charge in [-0.25, -0.2) is 4.98 Å². The molecule has 1 amide bonds. The van der Waals surface area contributed by atoms with Crippen molar-refractivity contribution in [1.82, 2.24) is 14.5 Å². The van der Waals surface area contributed by atoms with Gasteiger partial charge in [-0.05, 0) is 74.7 Å². The molecule has 1 unspecified atom stereocenters. The van der Waals surface area contributed by atoms with Crippen LogP contribution in [0.5, 0.6) is 5.75 Å². The molecule has 0 aliphatic carbocycles. The number of carbonyl (C=O) groups excluding carboxylic acids is 1. The van der Waals surface area contributed by atoms with Gasteiger partial charge in [-0.15, -0.1) is 0 Å². The highest BCUT2D eigenvalue weighted by atomic mass is 35.5. The summed E-state index contributed by atoms with van der Waals surface area (Å²) in [5.74, 6) is 1.09. The van der Waals surface area contributed by atoms with E-state index in [4.69, 9.17) is 32.9 Å². The number of pyridine rings is 1. The molecule has 0 radical (unpaired) electrons. The molecule has 36 heavy (non-hydrogen) atoms. The Morgan fingerprint density at radius 1 is 1.00 bits per heavy atom. The number of fused-ring (bicyclic) bond motifs is 1. The summed E-state index contributed by atoms with van der Waals surface area (Å²) in [7, 11) is 1.60. The summed E-state index contributed by atoms with van der Waals surface area (Å²) < 4.78 is 7.71. The maximum atomic E-state index is 14.1. The molecule has 3 heterocycles. The number of rotatable bonds is 5. The van der Waals surface area contributed by atoms with Crippen LogP contribution in [0.15, 0.2) is 54.9 Å². The number of benzene rings is 2. The summed E-state index contributed by atoms with van der Waals surface area (Å²) >= 11 is 12.7. The van der Waals surface area contributed by atoms with Crippen LogP contribution in [0.1, 0.15) is 58.8 Å². The van der Waals surface area contributed by atoms with E-state index in [1.165, 1.54) is 0 Å². The van der Waals surface area contributed by atoms with Gasteiger partial charge in [-0.3, -0.25) is 14.7 Å². The number of imidazole rings is 1. The lowest BCUT2D eigenvalue weighted by Gasteiger charge is -2.30. The number of amides is 1. The second kappa shape index (κ2) is 9.26. The molecule has 0 saturated carbocycles. The van der Waals surface area contributed by atoms with Gasteiger partial charge in [0.05, 0.1) is 24.6 Å². The lowest BCUT2D eigenvalue weighted by Crippen LogP contribution is -2.31. The SMILES string of the molecule is COc1cnccc1-c1nc2c(n1C(C)C)C(c1ccc(Cl)cc1C)N(c1cc(Cl)ccc1C)C2=O. The molecule has 1 atom stereocenters. The number of aromatic nitrogens is 3. The third-order valence-electron chi connectivity index (χ3n) is 6.61. The fourth-order valence-corrected chi connectivity index (χ4v) is 5.37. The lowest BCUT2D eigenvalue weighted by atomic mass is 9.97. The molecule has 5 rings (SSSR count). The van der Waals surface area contributed by atoms with E-state index in [-0.39, 0.29) is 11.9 Å². The number of ether oxygens (including phenoxy) is 1. The van der Waals surface area contributed by atoms with Crippen LogP contribution < -0.4 is 9.64 Å². The fraction of sp³-hybridized carbons (Fsp3) is 0.250. The summed E-state index contributed by atoms with van der Waals surface area (Å²) in [6, 6.07) is 12.8. The Labute approximate surface area is 220 Å². The smallest absolute Gasteiger partial charge is 0.279 e. The summed E-state index contributed by atoms with van der Waals surface area (Å²) in [6.45, 7) is 8.16. The molecule has 4 aromatic rings. The van der Waals surface area contributed by atoms with Crippen LogP contribution in [0, 0.1) is 13.8 Å². The maximum absolute atomic E-state index is 14.1. The highest BCUT2D eigenvalue weighted by molar-refractivity contribution is 6.31. The first-order chi connectivity index (χ1) is 17.2. The monoisotopic (exact) mass is 520 g/mol. The lowest BCUT2D eigenvalue weighted by molar-refractivity contribution is 0.0989. The number of carbonyl (C=O) groups is 1. The zero-order valence-electron chi connectivity index (χ0n) is 20.7. The van der Waals surface area contributed by atoms with E-state index in [9.17, 15) is 4.79 Å². The fourth-order valence-electron chi connectivity index (χ4n) is 4.98. The van der Waals surface area contributed by atoms with Crippen molar-refractivity contribution >= 4 is 34.8 Å². The molecule has 6 nitrogen and oxygen atoms in total. The Balaban J connectivity index is 1.83. The van der Waals surface area contributed by atoms with Crippen molar-refractivity contribution in [3.63, 3.8) is 0 Å². The molecule has 8 heteroatoms. The van der Waals surface area contributed by atoms with E-state index in [1.54, 1.807) is 19.5 Å². The second-order valence-corrected chi connectivity index (χ2v) is 10.1. The molecule has 0 saturated heterocycles. The van der Waals surface area contributed by atoms with Gasteiger partial charge in [-0.1, -0.05) is 35.3 Å². The number of aryl methyl sites for hydroxylation is 2. The Bertz CT molecular complexity index is 1500. The van der Waals surface area contributed by atoms with Gasteiger partial charge in [0.1, 0.15) is 17.6 Å². The van der Waals surface area contributed by atoms with E-state index in [2.05, 4.69) is 23.4 Å². The average molecular weight is 521 g/mol. The molecule has 184 valence electrons. The van der Waals surface area contributed by atoms with Crippen molar-refractivity contribution in [2.75, 3.05) is 12.0 Å². The van der Waals surface area contributed by atoms with Gasteiger partial charge in [-0.2, -0.15) is 0 Å². The molecule has 0 bridgehead atoms. The maximum Gasteiger partial charge on any atom is 0.279 e. The molecule has 1 aliphatic heterocycles. The first kappa shape index (κ1) is 24.3. The molecule has 2 aromatic carbocycles. The zero-order valence-corrected chi connectivity index (χ0v) is 22.2. The minimum Gasteiger partial charge on any atom is -0.494 e. The van der Waals surface area contributed by atoms with Crippen LogP contribution in [-0.4, -0.2) is 27.6 Å². The Morgan fingerprint density at radius 3 is 2.42 bits per heavy atom. The third kappa shape index (κ3) is 3.85. The van der Waals surface area contributed by atoms with Crippen molar-refractivity contribution in [1.29, 1.82) is 0 Å². The standard InChI is InChI=1S/C28H26Cl2N4O2/c1-15(2)33-26-24(32-27(33)21-10-11-31-14-23(21)36-5)28(35)34(22-13-19(30)7-6-16(22)3)25(26)20-9-8-18(29)12-17(20)4/h6-15,25H,1-5H3. The van der Waals surface area contributed by atoms with Crippen molar-refractivity contribution in [2.24, 2.45) is 0 Å². The van der Waals surface area contributed by atoms with E-state index in [0.717, 1.165) is 33.6 Å². The van der Waals surface area contributed by atoms with Crippen LogP contribution >= 0.6 is 23.2 Å². The third-order valence-corrected chi connectivity index (χ3v) is 7.08. The van der Waals surface area contributed by atoms with E-state index >= 15 is 0 Å². The molecule has 0 N–H and O–H groups in total. The summed E-state index contributed by atoms with van der Waals surface area (Å²) in [6.07, 6.45) is 3.36. The van der Waals surface area contributed by atoms with Crippen LogP contribution in [0.4, 0.5) is 5.69 Å². The van der Waals surface area contributed by atoms with Crippen molar-refractivity contribution in [3.05, 3.63) is 93.0 Å². The predicted octanol–water partition coefficient (Wildman–Crippen LogP) is 7.21. The summed E-state index contributed by atoms with van der Waals surface area (Å²) in [4.78, 5) is 25.1. The number of hydrogen-bond donors (Lipinski definition) is 0. The molecule has 0 fully saturated rings.